The first-order valence-electron chi connectivity index (χ1n) is 7.09. The molecule has 4 heteroatoms. The molecule has 1 fully saturated rings. The van der Waals surface area contributed by atoms with Crippen LogP contribution in [0.1, 0.15) is 46.9 Å². The Labute approximate surface area is 119 Å². The van der Waals surface area contributed by atoms with E-state index in [4.69, 9.17) is 0 Å². The van der Waals surface area contributed by atoms with Crippen molar-refractivity contribution >= 4 is 12.2 Å². The molecule has 0 aromatic heterocycles. The van der Waals surface area contributed by atoms with Gasteiger partial charge in [0, 0.05) is 30.8 Å². The van der Waals surface area contributed by atoms with Gasteiger partial charge in [-0.1, -0.05) is 19.1 Å². The van der Waals surface area contributed by atoms with Crippen LogP contribution in [0.25, 0.3) is 0 Å². The molecule has 0 atom stereocenters. The lowest BCUT2D eigenvalue weighted by atomic mass is 9.77. The quantitative estimate of drug-likeness (QED) is 0.856. The highest BCUT2D eigenvalue weighted by atomic mass is 16.3. The highest BCUT2D eigenvalue weighted by Gasteiger charge is 2.34. The van der Waals surface area contributed by atoms with Crippen molar-refractivity contribution in [3.05, 3.63) is 35.4 Å². The van der Waals surface area contributed by atoms with E-state index in [1.165, 1.54) is 0 Å². The number of likely N-dealkylation sites (tertiary alicyclic amines) is 1. The van der Waals surface area contributed by atoms with Crippen molar-refractivity contribution in [1.82, 2.24) is 4.90 Å². The average Bonchev–Trinajstić information content (AvgIpc) is 2.54. The fourth-order valence-corrected chi connectivity index (χ4v) is 2.69. The van der Waals surface area contributed by atoms with Crippen molar-refractivity contribution in [1.29, 1.82) is 0 Å². The van der Waals surface area contributed by atoms with E-state index < -0.39 is 0 Å². The number of rotatable bonds is 4. The van der Waals surface area contributed by atoms with E-state index >= 15 is 0 Å². The summed E-state index contributed by atoms with van der Waals surface area (Å²) in [6.45, 7) is 3.65. The molecule has 0 saturated carbocycles. The average molecular weight is 275 g/mol. The molecule has 4 nitrogen and oxygen atoms in total. The standard InChI is InChI=1S/C16H21NO3/c1-2-16(12-19)7-9-17(10-8-16)15(20)14-5-3-13(11-18)4-6-14/h3-6,11,19H,2,7-10,12H2,1H3. The third kappa shape index (κ3) is 2.90. The van der Waals surface area contributed by atoms with Gasteiger partial charge >= 0.3 is 0 Å². The fourth-order valence-electron chi connectivity index (χ4n) is 2.69. The van der Waals surface area contributed by atoms with Gasteiger partial charge in [0.1, 0.15) is 6.29 Å². The Morgan fingerprint density at radius 2 is 1.90 bits per heavy atom. The Kier molecular flexibility index (Phi) is 4.55. The summed E-state index contributed by atoms with van der Waals surface area (Å²) >= 11 is 0. The van der Waals surface area contributed by atoms with Crippen LogP contribution in [-0.2, 0) is 0 Å². The van der Waals surface area contributed by atoms with Crippen molar-refractivity contribution in [3.63, 3.8) is 0 Å². The monoisotopic (exact) mass is 275 g/mol. The molecule has 1 aromatic rings. The van der Waals surface area contributed by atoms with Crippen LogP contribution in [0.15, 0.2) is 24.3 Å². The van der Waals surface area contributed by atoms with Crippen LogP contribution < -0.4 is 0 Å². The molecule has 0 aliphatic carbocycles. The molecule has 0 radical (unpaired) electrons. The summed E-state index contributed by atoms with van der Waals surface area (Å²) < 4.78 is 0. The van der Waals surface area contributed by atoms with Crippen LogP contribution in [0.3, 0.4) is 0 Å². The van der Waals surface area contributed by atoms with Crippen LogP contribution in [0.5, 0.6) is 0 Å². The second kappa shape index (κ2) is 6.18. The topological polar surface area (TPSA) is 57.6 Å². The van der Waals surface area contributed by atoms with Crippen LogP contribution in [0, 0.1) is 5.41 Å². The van der Waals surface area contributed by atoms with Crippen LogP contribution in [0.4, 0.5) is 0 Å². The lowest BCUT2D eigenvalue weighted by Crippen LogP contribution is -2.44. The Hall–Kier alpha value is -1.68. The zero-order chi connectivity index (χ0) is 14.6. The van der Waals surface area contributed by atoms with Gasteiger partial charge in [-0.15, -0.1) is 0 Å². The number of aldehydes is 1. The smallest absolute Gasteiger partial charge is 0.253 e. The lowest BCUT2D eigenvalue weighted by molar-refractivity contribution is 0.0338. The largest absolute Gasteiger partial charge is 0.396 e. The molecule has 1 amide bonds. The molecule has 1 saturated heterocycles. The normalized spacial score (nSPS) is 17.8. The van der Waals surface area contributed by atoms with Crippen LogP contribution >= 0.6 is 0 Å². The fraction of sp³-hybridized carbons (Fsp3) is 0.500. The van der Waals surface area contributed by atoms with E-state index in [1.807, 2.05) is 4.90 Å². The number of aliphatic hydroxyl groups excluding tert-OH is 1. The number of hydrogen-bond acceptors (Lipinski definition) is 3. The SMILES string of the molecule is CCC1(CO)CCN(C(=O)c2ccc(C=O)cc2)CC1. The molecule has 1 aliphatic heterocycles. The van der Waals surface area contributed by atoms with Gasteiger partial charge in [-0.2, -0.15) is 0 Å². The lowest BCUT2D eigenvalue weighted by Gasteiger charge is -2.40. The zero-order valence-electron chi connectivity index (χ0n) is 11.8. The van der Waals surface area contributed by atoms with E-state index in [0.29, 0.717) is 24.2 Å². The van der Waals surface area contributed by atoms with Gasteiger partial charge in [-0.3, -0.25) is 9.59 Å². The van der Waals surface area contributed by atoms with Crippen molar-refractivity contribution in [2.75, 3.05) is 19.7 Å². The predicted octanol–water partition coefficient (Wildman–Crippen LogP) is 2.12. The van der Waals surface area contributed by atoms with Crippen LogP contribution in [0.2, 0.25) is 0 Å². The third-order valence-corrected chi connectivity index (χ3v) is 4.49. The summed E-state index contributed by atoms with van der Waals surface area (Å²) in [6.07, 6.45) is 3.40. The Bertz CT molecular complexity index is 467. The summed E-state index contributed by atoms with van der Waals surface area (Å²) in [5.41, 5.74) is 1.17. The van der Waals surface area contributed by atoms with Gasteiger partial charge in [0.15, 0.2) is 0 Å². The number of carbonyl (C=O) groups excluding carboxylic acids is 2. The van der Waals surface area contributed by atoms with Crippen molar-refractivity contribution in [3.8, 4) is 0 Å². The summed E-state index contributed by atoms with van der Waals surface area (Å²) in [5, 5.41) is 9.50. The van der Waals surface area contributed by atoms with E-state index in [9.17, 15) is 14.7 Å². The van der Waals surface area contributed by atoms with Crippen LogP contribution in [-0.4, -0.2) is 41.9 Å². The molecular formula is C16H21NO3. The van der Waals surface area contributed by atoms with E-state index in [2.05, 4.69) is 6.92 Å². The first-order valence-corrected chi connectivity index (χ1v) is 7.09. The Morgan fingerprint density at radius 1 is 1.30 bits per heavy atom. The van der Waals surface area contributed by atoms with Crippen molar-refractivity contribution in [2.24, 2.45) is 5.41 Å². The first kappa shape index (κ1) is 14.7. The third-order valence-electron chi connectivity index (χ3n) is 4.49. The molecule has 2 rings (SSSR count). The highest BCUT2D eigenvalue weighted by molar-refractivity contribution is 5.94. The number of amides is 1. The maximum atomic E-state index is 12.4. The van der Waals surface area contributed by atoms with Gasteiger partial charge < -0.3 is 10.0 Å². The zero-order valence-corrected chi connectivity index (χ0v) is 11.8. The minimum absolute atomic E-state index is 0.00471. The van der Waals surface area contributed by atoms with E-state index in [1.54, 1.807) is 24.3 Å². The van der Waals surface area contributed by atoms with E-state index in [-0.39, 0.29) is 17.9 Å². The Morgan fingerprint density at radius 3 is 2.35 bits per heavy atom. The minimum Gasteiger partial charge on any atom is -0.396 e. The summed E-state index contributed by atoms with van der Waals surface area (Å²) in [4.78, 5) is 24.8. The summed E-state index contributed by atoms with van der Waals surface area (Å²) in [6, 6.07) is 6.71. The van der Waals surface area contributed by atoms with Gasteiger partial charge in [-0.25, -0.2) is 0 Å². The maximum Gasteiger partial charge on any atom is 0.253 e. The highest BCUT2D eigenvalue weighted by Crippen LogP contribution is 2.34. The summed E-state index contributed by atoms with van der Waals surface area (Å²) in [7, 11) is 0. The maximum absolute atomic E-state index is 12.4. The minimum atomic E-state index is -0.0157. The number of carbonyl (C=O) groups is 2. The molecule has 1 aliphatic rings. The molecule has 1 heterocycles. The number of aliphatic hydroxyl groups is 1. The van der Waals surface area contributed by atoms with E-state index in [0.717, 1.165) is 25.5 Å². The second-order valence-corrected chi connectivity index (χ2v) is 5.54. The molecule has 0 bridgehead atoms. The van der Waals surface area contributed by atoms with Crippen molar-refractivity contribution < 1.29 is 14.7 Å². The molecule has 108 valence electrons. The molecular weight excluding hydrogens is 254 g/mol. The number of nitrogens with zero attached hydrogens (tertiary/aromatic N) is 1. The predicted molar refractivity (Wildman–Crippen MR) is 76.8 cm³/mol. The van der Waals surface area contributed by atoms with Gasteiger partial charge in [0.2, 0.25) is 0 Å². The Balaban J connectivity index is 2.02. The number of benzene rings is 1. The molecule has 1 aromatic carbocycles. The number of hydrogen-bond donors (Lipinski definition) is 1. The van der Waals surface area contributed by atoms with Gasteiger partial charge in [0.25, 0.3) is 5.91 Å². The summed E-state index contributed by atoms with van der Waals surface area (Å²) in [5.74, 6) is 0.00471. The van der Waals surface area contributed by atoms with Gasteiger partial charge in [-0.05, 0) is 36.8 Å². The molecule has 0 spiro atoms. The molecule has 1 N–H and O–H groups in total. The van der Waals surface area contributed by atoms with Gasteiger partial charge in [0.05, 0.1) is 0 Å². The molecule has 0 unspecified atom stereocenters. The number of piperidine rings is 1. The first-order chi connectivity index (χ1) is 9.64. The second-order valence-electron chi connectivity index (χ2n) is 5.54. The molecule has 20 heavy (non-hydrogen) atoms. The van der Waals surface area contributed by atoms with Crippen molar-refractivity contribution in [2.45, 2.75) is 26.2 Å².